The molecule has 20 heavy (non-hydrogen) atoms. The summed E-state index contributed by atoms with van der Waals surface area (Å²) in [4.78, 5) is 16.0. The summed E-state index contributed by atoms with van der Waals surface area (Å²) in [6.07, 6.45) is 3.51. The van der Waals surface area contributed by atoms with Crippen molar-refractivity contribution in [1.29, 1.82) is 5.26 Å². The topological polar surface area (TPSA) is 65.8 Å². The molecule has 5 heteroatoms. The summed E-state index contributed by atoms with van der Waals surface area (Å²) >= 11 is 1.55. The summed E-state index contributed by atoms with van der Waals surface area (Å²) in [5.41, 5.74) is 2.42. The Bertz CT molecular complexity index is 665. The molecule has 0 aliphatic rings. The summed E-state index contributed by atoms with van der Waals surface area (Å²) in [5, 5.41) is 14.2. The molecule has 2 rings (SSSR count). The molecular weight excluding hydrogens is 270 g/mol. The predicted octanol–water partition coefficient (Wildman–Crippen LogP) is 3.17. The Balaban J connectivity index is 1.94. The standard InChI is InChI=1S/C15H13N3OS/c1-11-17-14(10-20-11)6-7-15(19)18-13-4-2-12(3-5-13)8-9-16/h2-7,10H,8H2,1H3,(H,18,19)/b7-6+. The first kappa shape index (κ1) is 14.0. The lowest BCUT2D eigenvalue weighted by Gasteiger charge is -2.02. The van der Waals surface area contributed by atoms with Gasteiger partial charge in [0.25, 0.3) is 0 Å². The molecule has 0 atom stereocenters. The van der Waals surface area contributed by atoms with Gasteiger partial charge in [-0.25, -0.2) is 4.98 Å². The lowest BCUT2D eigenvalue weighted by Crippen LogP contribution is -2.07. The van der Waals surface area contributed by atoms with E-state index in [4.69, 9.17) is 5.26 Å². The molecule has 0 saturated carbocycles. The second-order valence-electron chi connectivity index (χ2n) is 4.15. The minimum atomic E-state index is -0.205. The number of carbonyl (C=O) groups is 1. The lowest BCUT2D eigenvalue weighted by molar-refractivity contribution is -0.111. The number of thiazole rings is 1. The molecule has 0 aliphatic heterocycles. The van der Waals surface area contributed by atoms with Crippen LogP contribution in [0.2, 0.25) is 0 Å². The molecule has 2 aromatic rings. The monoisotopic (exact) mass is 283 g/mol. The van der Waals surface area contributed by atoms with Gasteiger partial charge in [0.05, 0.1) is 23.2 Å². The number of hydrogen-bond acceptors (Lipinski definition) is 4. The van der Waals surface area contributed by atoms with E-state index in [2.05, 4.69) is 16.4 Å². The average molecular weight is 283 g/mol. The van der Waals surface area contributed by atoms with E-state index < -0.39 is 0 Å². The maximum Gasteiger partial charge on any atom is 0.248 e. The number of aryl methyl sites for hydroxylation is 1. The van der Waals surface area contributed by atoms with Crippen LogP contribution in [0.1, 0.15) is 16.3 Å². The molecule has 4 nitrogen and oxygen atoms in total. The molecule has 0 bridgehead atoms. The smallest absolute Gasteiger partial charge is 0.248 e. The minimum Gasteiger partial charge on any atom is -0.323 e. The number of carbonyl (C=O) groups excluding carboxylic acids is 1. The van der Waals surface area contributed by atoms with Crippen LogP contribution in [0.5, 0.6) is 0 Å². The lowest BCUT2D eigenvalue weighted by atomic mass is 10.1. The first-order valence-corrected chi connectivity index (χ1v) is 6.92. The molecule has 1 aromatic heterocycles. The zero-order valence-corrected chi connectivity index (χ0v) is 11.8. The Labute approximate surface area is 121 Å². The highest BCUT2D eigenvalue weighted by Gasteiger charge is 1.99. The average Bonchev–Trinajstić information content (AvgIpc) is 2.85. The number of nitriles is 1. The summed E-state index contributed by atoms with van der Waals surface area (Å²) in [7, 11) is 0. The van der Waals surface area contributed by atoms with E-state index in [0.717, 1.165) is 16.3 Å². The normalized spacial score (nSPS) is 10.4. The van der Waals surface area contributed by atoms with Crippen LogP contribution in [0.3, 0.4) is 0 Å². The number of rotatable bonds is 4. The number of amides is 1. The van der Waals surface area contributed by atoms with Crippen molar-refractivity contribution in [3.05, 3.63) is 52.0 Å². The first-order chi connectivity index (χ1) is 9.67. The van der Waals surface area contributed by atoms with Crippen LogP contribution in [-0.4, -0.2) is 10.9 Å². The molecule has 0 unspecified atom stereocenters. The van der Waals surface area contributed by atoms with E-state index >= 15 is 0 Å². The van der Waals surface area contributed by atoms with E-state index in [-0.39, 0.29) is 5.91 Å². The van der Waals surface area contributed by atoms with Crippen LogP contribution in [0.25, 0.3) is 6.08 Å². The molecule has 0 aliphatic carbocycles. The predicted molar refractivity (Wildman–Crippen MR) is 80.3 cm³/mol. The zero-order chi connectivity index (χ0) is 14.4. The second-order valence-corrected chi connectivity index (χ2v) is 5.21. The van der Waals surface area contributed by atoms with Crippen LogP contribution in [0.15, 0.2) is 35.7 Å². The Morgan fingerprint density at radius 1 is 1.45 bits per heavy atom. The summed E-state index contributed by atoms with van der Waals surface area (Å²) in [6.45, 7) is 1.92. The van der Waals surface area contributed by atoms with E-state index in [9.17, 15) is 4.79 Å². The van der Waals surface area contributed by atoms with Crippen molar-refractivity contribution in [3.8, 4) is 6.07 Å². The number of benzene rings is 1. The van der Waals surface area contributed by atoms with Crippen LogP contribution in [-0.2, 0) is 11.2 Å². The van der Waals surface area contributed by atoms with Crippen LogP contribution in [0, 0.1) is 18.3 Å². The Morgan fingerprint density at radius 2 is 2.20 bits per heavy atom. The third-order valence-corrected chi connectivity index (χ3v) is 3.34. The number of anilines is 1. The molecule has 1 heterocycles. The summed E-state index contributed by atoms with van der Waals surface area (Å²) < 4.78 is 0. The van der Waals surface area contributed by atoms with E-state index in [1.165, 1.54) is 6.08 Å². The Morgan fingerprint density at radius 3 is 2.80 bits per heavy atom. The largest absolute Gasteiger partial charge is 0.323 e. The highest BCUT2D eigenvalue weighted by atomic mass is 32.1. The van der Waals surface area contributed by atoms with Gasteiger partial charge >= 0.3 is 0 Å². The summed E-state index contributed by atoms with van der Waals surface area (Å²) in [5.74, 6) is -0.205. The van der Waals surface area contributed by atoms with Crippen molar-refractivity contribution in [2.45, 2.75) is 13.3 Å². The van der Waals surface area contributed by atoms with Gasteiger partial charge < -0.3 is 5.32 Å². The van der Waals surface area contributed by atoms with Gasteiger partial charge in [0.1, 0.15) is 0 Å². The fraction of sp³-hybridized carbons (Fsp3) is 0.133. The van der Waals surface area contributed by atoms with Gasteiger partial charge in [-0.15, -0.1) is 11.3 Å². The van der Waals surface area contributed by atoms with Gasteiger partial charge in [0.2, 0.25) is 5.91 Å². The molecule has 0 spiro atoms. The van der Waals surface area contributed by atoms with Gasteiger partial charge in [-0.05, 0) is 30.7 Å². The molecule has 0 saturated heterocycles. The molecule has 1 aromatic carbocycles. The fourth-order valence-electron chi connectivity index (χ4n) is 1.60. The third kappa shape index (κ3) is 4.04. The Kier molecular flexibility index (Phi) is 4.64. The SMILES string of the molecule is Cc1nc(/C=C/C(=O)Nc2ccc(CC#N)cc2)cs1. The number of nitrogens with zero attached hydrogens (tertiary/aromatic N) is 2. The summed E-state index contributed by atoms with van der Waals surface area (Å²) in [6, 6.07) is 9.30. The van der Waals surface area contributed by atoms with Gasteiger partial charge in [0, 0.05) is 17.1 Å². The molecule has 1 N–H and O–H groups in total. The maximum absolute atomic E-state index is 11.7. The maximum atomic E-state index is 11.7. The molecule has 1 amide bonds. The van der Waals surface area contributed by atoms with Crippen molar-refractivity contribution in [2.24, 2.45) is 0 Å². The molecular formula is C15H13N3OS. The molecule has 0 radical (unpaired) electrons. The van der Waals surface area contributed by atoms with Crippen LogP contribution in [0.4, 0.5) is 5.69 Å². The van der Waals surface area contributed by atoms with Gasteiger partial charge in [-0.3, -0.25) is 4.79 Å². The van der Waals surface area contributed by atoms with Crippen molar-refractivity contribution in [3.63, 3.8) is 0 Å². The first-order valence-electron chi connectivity index (χ1n) is 6.04. The quantitative estimate of drug-likeness (QED) is 0.876. The van der Waals surface area contributed by atoms with Crippen molar-refractivity contribution < 1.29 is 4.79 Å². The third-order valence-electron chi connectivity index (χ3n) is 2.55. The van der Waals surface area contributed by atoms with Crippen molar-refractivity contribution in [2.75, 3.05) is 5.32 Å². The fourth-order valence-corrected chi connectivity index (χ4v) is 2.18. The highest BCUT2D eigenvalue weighted by molar-refractivity contribution is 7.09. The van der Waals surface area contributed by atoms with Gasteiger partial charge in [-0.2, -0.15) is 5.26 Å². The van der Waals surface area contributed by atoms with Gasteiger partial charge in [-0.1, -0.05) is 12.1 Å². The number of aromatic nitrogens is 1. The van der Waals surface area contributed by atoms with Crippen molar-refractivity contribution >= 4 is 29.0 Å². The van der Waals surface area contributed by atoms with E-state index in [0.29, 0.717) is 12.1 Å². The molecule has 100 valence electrons. The number of nitrogens with one attached hydrogen (secondary N) is 1. The van der Waals surface area contributed by atoms with Gasteiger partial charge in [0.15, 0.2) is 0 Å². The van der Waals surface area contributed by atoms with Crippen LogP contribution < -0.4 is 5.32 Å². The second kappa shape index (κ2) is 6.64. The van der Waals surface area contributed by atoms with Crippen LogP contribution >= 0.6 is 11.3 Å². The zero-order valence-electron chi connectivity index (χ0n) is 11.0. The van der Waals surface area contributed by atoms with E-state index in [1.54, 1.807) is 29.5 Å². The highest BCUT2D eigenvalue weighted by Crippen LogP contribution is 2.11. The Hall–Kier alpha value is -2.45. The van der Waals surface area contributed by atoms with E-state index in [1.807, 2.05) is 24.4 Å². The number of hydrogen-bond donors (Lipinski definition) is 1. The van der Waals surface area contributed by atoms with Crippen molar-refractivity contribution in [1.82, 2.24) is 4.98 Å². The molecule has 0 fully saturated rings. The minimum absolute atomic E-state index is 0.205.